The van der Waals surface area contributed by atoms with Gasteiger partial charge in [-0.15, -0.1) is 0 Å². The molecule has 5 atom stereocenters. The van der Waals surface area contributed by atoms with Gasteiger partial charge in [0, 0.05) is 18.4 Å². The van der Waals surface area contributed by atoms with Crippen LogP contribution < -0.4 is 4.72 Å². The first-order valence-electron chi connectivity index (χ1n) is 18.1. The maximum Gasteiger partial charge on any atom is 0.307 e. The fraction of sp³-hybridized carbons (Fsp3) is 0.892. The van der Waals surface area contributed by atoms with Crippen LogP contribution >= 0.6 is 0 Å². The van der Waals surface area contributed by atoms with E-state index in [4.69, 9.17) is 4.74 Å². The monoisotopic (exact) mass is 676 g/mol. The first-order chi connectivity index (χ1) is 21.5. The number of hydrogen-bond acceptors (Lipinski definition) is 7. The number of Topliss-reactive ketones (excluding diaryl/α,β-unsaturated/α-hetero) is 1. The van der Waals surface area contributed by atoms with Gasteiger partial charge in [-0.3, -0.25) is 23.9 Å². The fourth-order valence-corrected chi connectivity index (χ4v) is 11.9. The highest BCUT2D eigenvalue weighted by Crippen LogP contribution is 2.88. The summed E-state index contributed by atoms with van der Waals surface area (Å²) in [6, 6.07) is -0.723. The third-order valence-electron chi connectivity index (χ3n) is 13.6. The molecule has 1 heterocycles. The lowest BCUT2D eigenvalue weighted by Crippen LogP contribution is -2.49. The van der Waals surface area contributed by atoms with Crippen molar-refractivity contribution in [1.82, 2.24) is 9.62 Å². The van der Waals surface area contributed by atoms with Crippen molar-refractivity contribution in [3.8, 4) is 0 Å². The number of hydrogen-bond donors (Lipinski definition) is 1. The molecule has 10 heteroatoms. The molecule has 0 radical (unpaired) electrons. The summed E-state index contributed by atoms with van der Waals surface area (Å²) in [7, 11) is -3.87. The third kappa shape index (κ3) is 5.68. The summed E-state index contributed by atoms with van der Waals surface area (Å²) in [6.45, 7) is 20.1. The van der Waals surface area contributed by atoms with Crippen LogP contribution in [0.1, 0.15) is 146 Å². The van der Waals surface area contributed by atoms with Crippen LogP contribution in [0.4, 0.5) is 0 Å². The van der Waals surface area contributed by atoms with Crippen LogP contribution in [0.15, 0.2) is 0 Å². The second-order valence-electron chi connectivity index (χ2n) is 18.5. The number of likely N-dealkylation sites (tertiary alicyclic amines) is 1. The van der Waals surface area contributed by atoms with Crippen LogP contribution in [0.5, 0.6) is 0 Å². The van der Waals surface area contributed by atoms with Gasteiger partial charge < -0.3 is 9.64 Å². The van der Waals surface area contributed by atoms with Gasteiger partial charge in [-0.05, 0) is 87.9 Å². The largest absolute Gasteiger partial charge is 0.460 e. The second-order valence-corrected chi connectivity index (χ2v) is 20.6. The Balaban J connectivity index is 1.43. The van der Waals surface area contributed by atoms with Gasteiger partial charge in [-0.2, -0.15) is 0 Å². The fourth-order valence-electron chi connectivity index (χ4n) is 10.1. The molecule has 1 N–H and O–H groups in total. The molecule has 0 aromatic rings. The Morgan fingerprint density at radius 2 is 1.55 bits per heavy atom. The number of ketones is 1. The number of sulfonamides is 1. The van der Waals surface area contributed by atoms with Gasteiger partial charge in [0.05, 0.1) is 28.5 Å². The minimum absolute atomic E-state index is 0.0409. The molecule has 1 aliphatic heterocycles. The molecule has 5 rings (SSSR count). The molecule has 5 aliphatic rings. The van der Waals surface area contributed by atoms with Crippen molar-refractivity contribution in [3.05, 3.63) is 0 Å². The molecule has 0 bridgehead atoms. The summed E-state index contributed by atoms with van der Waals surface area (Å²) in [6.07, 6.45) is 7.09. The van der Waals surface area contributed by atoms with E-state index >= 15 is 0 Å². The SMILES string of the molecule is CCCC1(S(=O)(=O)NC(=O)[C@@]2(CC(=O)[C@@H]3C[C@@]4(CN3C(=O)[C@@H](CC(=O)OC(C)(C)C)C(C)(C)C)C(C)(C)C43CCC3)C[C@H]2CC)CC1. The van der Waals surface area contributed by atoms with Gasteiger partial charge in [-0.1, -0.05) is 67.7 Å². The van der Waals surface area contributed by atoms with E-state index in [1.165, 1.54) is 0 Å². The minimum Gasteiger partial charge on any atom is -0.460 e. The van der Waals surface area contributed by atoms with Crippen LogP contribution in [-0.2, 0) is 33.9 Å². The molecule has 2 spiro atoms. The Hall–Kier alpha value is -1.97. The van der Waals surface area contributed by atoms with Gasteiger partial charge in [-0.25, -0.2) is 8.42 Å². The van der Waals surface area contributed by atoms with Gasteiger partial charge in [0.2, 0.25) is 21.8 Å². The van der Waals surface area contributed by atoms with E-state index in [0.29, 0.717) is 51.5 Å². The van der Waals surface area contributed by atoms with E-state index in [0.717, 1.165) is 19.3 Å². The van der Waals surface area contributed by atoms with Crippen LogP contribution in [-0.4, -0.2) is 59.8 Å². The van der Waals surface area contributed by atoms with Crippen LogP contribution in [0.3, 0.4) is 0 Å². The molecule has 0 aromatic heterocycles. The van der Waals surface area contributed by atoms with E-state index in [1.807, 2.05) is 34.6 Å². The van der Waals surface area contributed by atoms with Gasteiger partial charge in [0.1, 0.15) is 5.60 Å². The molecule has 0 unspecified atom stereocenters. The molecule has 4 saturated carbocycles. The smallest absolute Gasteiger partial charge is 0.307 e. The average molecular weight is 677 g/mol. The summed E-state index contributed by atoms with van der Waals surface area (Å²) >= 11 is 0. The Bertz CT molecular complexity index is 1430. The summed E-state index contributed by atoms with van der Waals surface area (Å²) in [5, 5.41) is 0. The highest BCUT2D eigenvalue weighted by atomic mass is 32.2. The minimum atomic E-state index is -3.87. The maximum atomic E-state index is 14.7. The van der Waals surface area contributed by atoms with E-state index < -0.39 is 55.0 Å². The van der Waals surface area contributed by atoms with Gasteiger partial charge >= 0.3 is 5.97 Å². The lowest BCUT2D eigenvalue weighted by atomic mass is 9.73. The molecule has 0 aromatic carbocycles. The normalized spacial score (nSPS) is 32.0. The Labute approximate surface area is 283 Å². The topological polar surface area (TPSA) is 127 Å². The third-order valence-corrected chi connectivity index (χ3v) is 15.8. The predicted octanol–water partition coefficient (Wildman–Crippen LogP) is 6.33. The number of esters is 1. The van der Waals surface area contributed by atoms with Crippen LogP contribution in [0, 0.1) is 38.9 Å². The Morgan fingerprint density at radius 3 is 1.98 bits per heavy atom. The van der Waals surface area contributed by atoms with E-state index in [2.05, 4.69) is 18.6 Å². The number of rotatable bonds is 12. The number of carbonyl (C=O) groups is 4. The lowest BCUT2D eigenvalue weighted by molar-refractivity contribution is -0.161. The van der Waals surface area contributed by atoms with Gasteiger partial charge in [0.25, 0.3) is 0 Å². The highest BCUT2D eigenvalue weighted by molar-refractivity contribution is 7.91. The van der Waals surface area contributed by atoms with Crippen molar-refractivity contribution in [2.45, 2.75) is 163 Å². The lowest BCUT2D eigenvalue weighted by Gasteiger charge is -2.36. The number of nitrogens with one attached hydrogen (secondary N) is 1. The van der Waals surface area contributed by atoms with Crippen molar-refractivity contribution in [1.29, 1.82) is 0 Å². The molecule has 4 aliphatic carbocycles. The summed E-state index contributed by atoms with van der Waals surface area (Å²) in [5.41, 5.74) is -2.50. The molecule has 1 saturated heterocycles. The summed E-state index contributed by atoms with van der Waals surface area (Å²) in [5.74, 6) is -2.17. The molecule has 9 nitrogen and oxygen atoms in total. The van der Waals surface area contributed by atoms with E-state index in [9.17, 15) is 27.6 Å². The van der Waals surface area contributed by atoms with Crippen molar-refractivity contribution < 1.29 is 32.3 Å². The summed E-state index contributed by atoms with van der Waals surface area (Å²) < 4.78 is 34.0. The van der Waals surface area contributed by atoms with Gasteiger partial charge in [0.15, 0.2) is 5.78 Å². The van der Waals surface area contributed by atoms with Crippen molar-refractivity contribution in [2.24, 2.45) is 38.9 Å². The number of ether oxygens (including phenoxy) is 1. The molecule has 5 fully saturated rings. The Kier molecular flexibility index (Phi) is 8.71. The number of nitrogens with zero attached hydrogens (tertiary/aromatic N) is 1. The molecular weight excluding hydrogens is 616 g/mol. The zero-order valence-electron chi connectivity index (χ0n) is 30.6. The van der Waals surface area contributed by atoms with Crippen LogP contribution in [0.25, 0.3) is 0 Å². The van der Waals surface area contributed by atoms with Crippen molar-refractivity contribution >= 4 is 33.6 Å². The number of carbonyl (C=O) groups excluding carboxylic acids is 4. The number of fused-ring (bicyclic) bond motifs is 1. The molecular formula is C37H60N2O7S. The first-order valence-corrected chi connectivity index (χ1v) is 19.6. The van der Waals surface area contributed by atoms with Crippen LogP contribution in [0.2, 0.25) is 0 Å². The van der Waals surface area contributed by atoms with Crippen molar-refractivity contribution in [2.75, 3.05) is 6.54 Å². The molecule has 47 heavy (non-hydrogen) atoms. The second kappa shape index (κ2) is 11.3. The number of amides is 2. The average Bonchev–Trinajstić information content (AvgIpc) is 3.83. The predicted molar refractivity (Wildman–Crippen MR) is 180 cm³/mol. The quantitative estimate of drug-likeness (QED) is 0.239. The highest BCUT2D eigenvalue weighted by Gasteiger charge is 2.85. The van der Waals surface area contributed by atoms with Crippen molar-refractivity contribution in [3.63, 3.8) is 0 Å². The van der Waals surface area contributed by atoms with E-state index in [-0.39, 0.29) is 46.7 Å². The molecule has 2 amide bonds. The van der Waals surface area contributed by atoms with E-state index in [1.54, 1.807) is 25.7 Å². The molecule has 266 valence electrons. The summed E-state index contributed by atoms with van der Waals surface area (Å²) in [4.78, 5) is 57.9. The Morgan fingerprint density at radius 1 is 0.936 bits per heavy atom. The zero-order valence-corrected chi connectivity index (χ0v) is 31.5. The zero-order chi connectivity index (χ0) is 35.2. The standard InChI is InChI=1S/C37H60N2O7S/c1-11-14-34(17-18-34)47(44,45)38-30(43)35(20-24(35)12-2)22-27(40)26-21-37(33(9,10)36(37)15-13-16-36)23-39(26)29(42)25(31(3,4)5)19-28(41)46-32(6,7)8/h24-26H,11-23H2,1-10H3,(H,38,43)/t24-,25-,26+,35-,37-/m1/s1. The first kappa shape index (κ1) is 36.3. The maximum absolute atomic E-state index is 14.7.